The number of phenols is 1. The number of allylic oxidation sites excluding steroid dienone is 1. The van der Waals surface area contributed by atoms with Crippen molar-refractivity contribution in [3.05, 3.63) is 118 Å². The first-order valence-electron chi connectivity index (χ1n) is 16.9. The van der Waals surface area contributed by atoms with Gasteiger partial charge in [-0.15, -0.1) is 0 Å². The van der Waals surface area contributed by atoms with Gasteiger partial charge in [-0.3, -0.25) is 9.69 Å². The molecule has 2 aliphatic heterocycles. The highest BCUT2D eigenvalue weighted by atomic mass is 32.2. The molecule has 11 nitrogen and oxygen atoms in total. The van der Waals surface area contributed by atoms with E-state index >= 15 is 0 Å². The molecule has 2 fully saturated rings. The predicted octanol–water partition coefficient (Wildman–Crippen LogP) is 3.76. The summed E-state index contributed by atoms with van der Waals surface area (Å²) in [7, 11) is -4.55. The van der Waals surface area contributed by atoms with E-state index in [2.05, 4.69) is 6.58 Å². The lowest BCUT2D eigenvalue weighted by atomic mass is 9.81. The lowest BCUT2D eigenvalue weighted by Crippen LogP contribution is -2.60. The lowest BCUT2D eigenvalue weighted by Gasteiger charge is -2.44. The maximum Gasteiger partial charge on any atom is 0.244 e. The summed E-state index contributed by atoms with van der Waals surface area (Å²) >= 11 is 0. The number of rotatable bonds is 14. The summed E-state index contributed by atoms with van der Waals surface area (Å²) in [5, 5.41) is 62.4. The Bertz CT molecular complexity index is 1880. The molecule has 0 radical (unpaired) electrons. The maximum absolute atomic E-state index is 14.6. The average Bonchev–Trinajstić information content (AvgIpc) is 3.10. The van der Waals surface area contributed by atoms with Gasteiger partial charge in [0.25, 0.3) is 0 Å². The maximum atomic E-state index is 14.6. The number of benzene rings is 3. The van der Waals surface area contributed by atoms with E-state index in [1.54, 1.807) is 18.2 Å². The fourth-order valence-electron chi connectivity index (χ4n) is 6.87. The van der Waals surface area contributed by atoms with Crippen molar-refractivity contribution in [3.8, 4) is 5.75 Å². The van der Waals surface area contributed by atoms with Crippen LogP contribution < -0.4 is 4.90 Å². The van der Waals surface area contributed by atoms with Crippen molar-refractivity contribution in [3.63, 3.8) is 0 Å². The lowest BCUT2D eigenvalue weighted by molar-refractivity contribution is -0.223. The van der Waals surface area contributed by atoms with Gasteiger partial charge in [0.2, 0.25) is 5.91 Å². The summed E-state index contributed by atoms with van der Waals surface area (Å²) in [5.74, 6) is -4.14. The predicted molar refractivity (Wildman–Crippen MR) is 187 cm³/mol. The van der Waals surface area contributed by atoms with Gasteiger partial charge >= 0.3 is 0 Å². The molecule has 5 rings (SSSR count). The van der Waals surface area contributed by atoms with Crippen LogP contribution in [0.15, 0.2) is 95.6 Å². The Kier molecular flexibility index (Phi) is 12.3. The molecule has 280 valence electrons. The van der Waals surface area contributed by atoms with Crippen molar-refractivity contribution in [1.82, 2.24) is 0 Å². The molecule has 3 aromatic carbocycles. The van der Waals surface area contributed by atoms with Crippen molar-refractivity contribution in [2.24, 2.45) is 5.92 Å². The highest BCUT2D eigenvalue weighted by molar-refractivity contribution is 7.95. The molecule has 8 atom stereocenters. The van der Waals surface area contributed by atoms with Gasteiger partial charge in [0.15, 0.2) is 9.84 Å². The zero-order chi connectivity index (χ0) is 37.9. The van der Waals surface area contributed by atoms with Crippen LogP contribution in [0.3, 0.4) is 0 Å². The number of aliphatic hydroxyl groups excluding tert-OH is 5. The number of sulfone groups is 1. The first kappa shape index (κ1) is 39.2. The van der Waals surface area contributed by atoms with Crippen LogP contribution in [-0.4, -0.2) is 87.8 Å². The number of phenolic OH excluding ortho intramolecular Hbond substituents is 1. The van der Waals surface area contributed by atoms with Gasteiger partial charge in [-0.05, 0) is 91.3 Å². The number of amides is 1. The Balaban J connectivity index is 1.61. The zero-order valence-electron chi connectivity index (χ0n) is 28.4. The molecule has 6 N–H and O–H groups in total. The van der Waals surface area contributed by atoms with Crippen LogP contribution in [0.1, 0.15) is 55.8 Å². The van der Waals surface area contributed by atoms with E-state index in [0.29, 0.717) is 12.0 Å². The molecule has 14 heteroatoms. The number of carbonyl (C=O) groups is 1. The molecular weight excluding hydrogens is 700 g/mol. The Morgan fingerprint density at radius 1 is 0.923 bits per heavy atom. The smallest absolute Gasteiger partial charge is 0.244 e. The normalized spacial score (nSPS) is 25.7. The van der Waals surface area contributed by atoms with E-state index in [1.807, 2.05) is 6.92 Å². The largest absolute Gasteiger partial charge is 0.508 e. The van der Waals surface area contributed by atoms with Crippen molar-refractivity contribution >= 4 is 21.4 Å². The summed E-state index contributed by atoms with van der Waals surface area (Å²) < 4.78 is 62.4. The minimum Gasteiger partial charge on any atom is -0.508 e. The van der Waals surface area contributed by atoms with Crippen LogP contribution in [0.4, 0.5) is 14.5 Å². The second kappa shape index (κ2) is 16.3. The monoisotopic (exact) mass is 743 g/mol. The summed E-state index contributed by atoms with van der Waals surface area (Å²) in [4.78, 5) is 14.9. The minimum absolute atomic E-state index is 0.0109. The summed E-state index contributed by atoms with van der Waals surface area (Å²) in [6.07, 6.45) is -9.24. The Morgan fingerprint density at radius 2 is 1.54 bits per heavy atom. The Labute approximate surface area is 300 Å². The Morgan fingerprint density at radius 3 is 2.13 bits per heavy atom. The van der Waals surface area contributed by atoms with E-state index in [1.165, 1.54) is 30.3 Å². The summed E-state index contributed by atoms with van der Waals surface area (Å²) in [5.41, 5.74) is 1.37. The van der Waals surface area contributed by atoms with Gasteiger partial charge in [0.1, 0.15) is 53.8 Å². The second-order valence-electron chi connectivity index (χ2n) is 13.2. The van der Waals surface area contributed by atoms with Crippen LogP contribution >= 0.6 is 0 Å². The second-order valence-corrected chi connectivity index (χ2v) is 15.3. The number of hydrogen-bond acceptors (Lipinski definition) is 10. The summed E-state index contributed by atoms with van der Waals surface area (Å²) in [6, 6.07) is 16.4. The van der Waals surface area contributed by atoms with E-state index < -0.39 is 82.3 Å². The summed E-state index contributed by atoms with van der Waals surface area (Å²) in [6.45, 7) is 5.17. The highest BCUT2D eigenvalue weighted by Crippen LogP contribution is 2.46. The fourth-order valence-corrected chi connectivity index (χ4v) is 8.74. The molecule has 0 bridgehead atoms. The van der Waals surface area contributed by atoms with Crippen LogP contribution in [0, 0.1) is 17.6 Å². The topological polar surface area (TPSA) is 185 Å². The Hall–Kier alpha value is -4.02. The third-order valence-corrected chi connectivity index (χ3v) is 11.7. The number of β-lactam (4-membered cyclic amide) rings is 1. The first-order valence-corrected chi connectivity index (χ1v) is 18.6. The van der Waals surface area contributed by atoms with Gasteiger partial charge in [0, 0.05) is 5.69 Å². The van der Waals surface area contributed by atoms with E-state index in [-0.39, 0.29) is 52.8 Å². The highest BCUT2D eigenvalue weighted by Gasteiger charge is 2.50. The van der Waals surface area contributed by atoms with Gasteiger partial charge in [-0.2, -0.15) is 0 Å². The molecule has 52 heavy (non-hydrogen) atoms. The molecule has 2 aliphatic rings. The van der Waals surface area contributed by atoms with E-state index in [4.69, 9.17) is 4.74 Å². The van der Waals surface area contributed by atoms with Crippen molar-refractivity contribution < 1.29 is 57.4 Å². The number of nitrogens with zero attached hydrogens (tertiary/aromatic N) is 1. The molecule has 2 saturated heterocycles. The van der Waals surface area contributed by atoms with Crippen molar-refractivity contribution in [1.29, 1.82) is 0 Å². The zero-order valence-corrected chi connectivity index (χ0v) is 29.2. The molecule has 0 spiro atoms. The standard InChI is InChI=1S/C38H43F2NO10S/c1-3-22(24-5-4-6-28(43)18-24)9-16-32(52(49,50)20-31-36(46)37(47)35(45)30(19-42)51-31)34-33(38(48)41(34)27-14-12-26(40)13-15-27)21(2)17-29(44)23-7-10-25(39)11-8-23/h4-8,10-15,18,22,29-31,33,35-37,42-47H,2-3,9,16-17,19-20H2,1H3/b34-32-/t22?,29-,30+,31?,33+,35+,36-,37-/m0/s1. The number of ether oxygens (including phenoxy) is 1. The third kappa shape index (κ3) is 8.28. The molecule has 0 aliphatic carbocycles. The number of hydrogen-bond donors (Lipinski definition) is 6. The quantitative estimate of drug-likeness (QED) is 0.105. The molecule has 1 amide bonds. The minimum atomic E-state index is -4.55. The first-order chi connectivity index (χ1) is 24.7. The van der Waals surface area contributed by atoms with Gasteiger partial charge in [-0.1, -0.05) is 43.3 Å². The number of carbonyl (C=O) groups excluding carboxylic acids is 1. The van der Waals surface area contributed by atoms with Crippen LogP contribution in [0.5, 0.6) is 5.75 Å². The number of anilines is 1. The molecular formula is C38H43F2NO10S. The van der Waals surface area contributed by atoms with Crippen LogP contribution in [0.25, 0.3) is 0 Å². The van der Waals surface area contributed by atoms with Gasteiger partial charge < -0.3 is 35.4 Å². The number of aromatic hydroxyl groups is 1. The van der Waals surface area contributed by atoms with Gasteiger partial charge in [-0.25, -0.2) is 17.2 Å². The van der Waals surface area contributed by atoms with Gasteiger partial charge in [0.05, 0.1) is 29.1 Å². The third-order valence-electron chi connectivity index (χ3n) is 9.78. The number of aliphatic hydroxyl groups is 5. The van der Waals surface area contributed by atoms with E-state index in [0.717, 1.165) is 34.7 Å². The molecule has 3 aromatic rings. The van der Waals surface area contributed by atoms with Crippen LogP contribution in [0.2, 0.25) is 0 Å². The molecule has 0 aromatic heterocycles. The molecule has 0 saturated carbocycles. The van der Waals surface area contributed by atoms with E-state index in [9.17, 15) is 52.6 Å². The molecule has 2 heterocycles. The fraction of sp³-hybridized carbons (Fsp3) is 0.395. The molecule has 2 unspecified atom stereocenters. The number of halogens is 2. The van der Waals surface area contributed by atoms with Crippen molar-refractivity contribution in [2.45, 2.75) is 75.1 Å². The van der Waals surface area contributed by atoms with Crippen LogP contribution in [-0.2, 0) is 19.4 Å². The average molecular weight is 744 g/mol. The SMILES string of the molecule is C=C(C[C@H](O)c1ccc(F)cc1)[C@H]1C(=O)N(c2ccc(F)cc2)/C1=C(/CCC(CC)c1cccc(O)c1)S(=O)(=O)CC1O[C@H](CO)[C@@H](O)[C@H](O)[C@H]1O. The van der Waals surface area contributed by atoms with Crippen molar-refractivity contribution in [2.75, 3.05) is 17.3 Å².